The summed E-state index contributed by atoms with van der Waals surface area (Å²) in [5, 5.41) is 3.61. The molecule has 3 nitrogen and oxygen atoms in total. The standard InChI is InChI=1S/C23H23FN2O/c1-16(2)13-23(3,14-17-8-5-4-6-9-17)22(27)26-19-12-18-10-7-11-20(24)21(18)25-15-19/h4-12,15H,1,13-14H2,2-3H3,(H,26,27)/t23-/m1/s1. The molecule has 138 valence electrons. The SMILES string of the molecule is C=C(C)C[C@](C)(Cc1ccccc1)C(=O)Nc1cnc2c(F)cccc2c1. The van der Waals surface area contributed by atoms with Gasteiger partial charge >= 0.3 is 0 Å². The molecule has 0 aliphatic rings. The van der Waals surface area contributed by atoms with Gasteiger partial charge in [-0.1, -0.05) is 55.0 Å². The van der Waals surface area contributed by atoms with E-state index < -0.39 is 5.41 Å². The summed E-state index contributed by atoms with van der Waals surface area (Å²) >= 11 is 0. The molecule has 1 atom stereocenters. The van der Waals surface area contributed by atoms with Crippen LogP contribution in [0, 0.1) is 11.2 Å². The van der Waals surface area contributed by atoms with Crippen LogP contribution in [0.5, 0.6) is 0 Å². The molecular weight excluding hydrogens is 339 g/mol. The maximum atomic E-state index is 13.8. The summed E-state index contributed by atoms with van der Waals surface area (Å²) in [6.45, 7) is 7.86. The number of benzene rings is 2. The van der Waals surface area contributed by atoms with Crippen LogP contribution in [0.15, 0.2) is 72.9 Å². The van der Waals surface area contributed by atoms with Crippen molar-refractivity contribution in [2.45, 2.75) is 26.7 Å². The number of para-hydroxylation sites is 1. The minimum absolute atomic E-state index is 0.105. The molecule has 0 aliphatic heterocycles. The van der Waals surface area contributed by atoms with Crippen LogP contribution >= 0.6 is 0 Å². The number of hydrogen-bond donors (Lipinski definition) is 1. The van der Waals surface area contributed by atoms with Crippen LogP contribution in [0.1, 0.15) is 25.8 Å². The second kappa shape index (κ2) is 7.70. The van der Waals surface area contributed by atoms with Gasteiger partial charge in [-0.2, -0.15) is 0 Å². The van der Waals surface area contributed by atoms with Gasteiger partial charge in [0.15, 0.2) is 0 Å². The lowest BCUT2D eigenvalue weighted by atomic mass is 9.77. The molecule has 0 fully saturated rings. The number of aromatic nitrogens is 1. The summed E-state index contributed by atoms with van der Waals surface area (Å²) in [6.07, 6.45) is 2.67. The van der Waals surface area contributed by atoms with Crippen molar-refractivity contribution in [1.29, 1.82) is 0 Å². The van der Waals surface area contributed by atoms with Gasteiger partial charge in [-0.3, -0.25) is 9.78 Å². The molecule has 0 bridgehead atoms. The van der Waals surface area contributed by atoms with Crippen molar-refractivity contribution in [2.75, 3.05) is 5.32 Å². The fourth-order valence-electron chi connectivity index (χ4n) is 3.41. The summed E-state index contributed by atoms with van der Waals surface area (Å²) < 4.78 is 13.8. The van der Waals surface area contributed by atoms with Gasteiger partial charge < -0.3 is 5.32 Å². The highest BCUT2D eigenvalue weighted by molar-refractivity contribution is 5.97. The first-order valence-electron chi connectivity index (χ1n) is 8.91. The molecule has 27 heavy (non-hydrogen) atoms. The van der Waals surface area contributed by atoms with E-state index in [0.717, 1.165) is 11.1 Å². The smallest absolute Gasteiger partial charge is 0.231 e. The molecule has 1 heterocycles. The predicted octanol–water partition coefficient (Wildman–Crippen LogP) is 5.53. The Morgan fingerprint density at radius 3 is 2.63 bits per heavy atom. The van der Waals surface area contributed by atoms with Crippen LogP contribution in [0.2, 0.25) is 0 Å². The largest absolute Gasteiger partial charge is 0.324 e. The average molecular weight is 362 g/mol. The molecule has 4 heteroatoms. The van der Waals surface area contributed by atoms with E-state index in [1.807, 2.05) is 44.2 Å². The highest BCUT2D eigenvalue weighted by atomic mass is 19.1. The van der Waals surface area contributed by atoms with Crippen LogP contribution in [0.4, 0.5) is 10.1 Å². The van der Waals surface area contributed by atoms with Gasteiger partial charge in [-0.15, -0.1) is 6.58 Å². The number of carbonyl (C=O) groups excluding carboxylic acids is 1. The number of hydrogen-bond acceptors (Lipinski definition) is 2. The number of nitrogens with one attached hydrogen (secondary N) is 1. The Morgan fingerprint density at radius 2 is 1.93 bits per heavy atom. The van der Waals surface area contributed by atoms with Crippen LogP contribution in [-0.2, 0) is 11.2 Å². The minimum atomic E-state index is -0.649. The maximum Gasteiger partial charge on any atom is 0.231 e. The second-order valence-corrected chi connectivity index (χ2v) is 7.35. The Morgan fingerprint density at radius 1 is 1.19 bits per heavy atom. The molecule has 3 aromatic rings. The van der Waals surface area contributed by atoms with Gasteiger partial charge in [0.25, 0.3) is 0 Å². The highest BCUT2D eigenvalue weighted by Gasteiger charge is 2.33. The Labute approximate surface area is 158 Å². The first-order chi connectivity index (χ1) is 12.9. The topological polar surface area (TPSA) is 42.0 Å². The van der Waals surface area contributed by atoms with Crippen molar-refractivity contribution in [3.8, 4) is 0 Å². The number of pyridine rings is 1. The predicted molar refractivity (Wildman–Crippen MR) is 108 cm³/mol. The van der Waals surface area contributed by atoms with Crippen molar-refractivity contribution in [1.82, 2.24) is 4.98 Å². The lowest BCUT2D eigenvalue weighted by Crippen LogP contribution is -2.36. The zero-order chi connectivity index (χ0) is 19.4. The Bertz CT molecular complexity index is 984. The number of anilines is 1. The molecule has 0 unspecified atom stereocenters. The van der Waals surface area contributed by atoms with E-state index in [4.69, 9.17) is 0 Å². The molecule has 1 N–H and O–H groups in total. The second-order valence-electron chi connectivity index (χ2n) is 7.35. The summed E-state index contributed by atoms with van der Waals surface area (Å²) in [5.41, 5.74) is 2.24. The van der Waals surface area contributed by atoms with Gasteiger partial charge in [0.1, 0.15) is 11.3 Å². The van der Waals surface area contributed by atoms with Gasteiger partial charge in [0.05, 0.1) is 17.3 Å². The summed E-state index contributed by atoms with van der Waals surface area (Å²) in [6, 6.07) is 16.5. The fourth-order valence-corrected chi connectivity index (χ4v) is 3.41. The minimum Gasteiger partial charge on any atom is -0.324 e. The molecule has 1 aromatic heterocycles. The average Bonchev–Trinajstić information content (AvgIpc) is 2.62. The van der Waals surface area contributed by atoms with Gasteiger partial charge in [-0.05, 0) is 37.5 Å². The maximum absolute atomic E-state index is 13.8. The molecule has 2 aromatic carbocycles. The molecule has 0 saturated heterocycles. The highest BCUT2D eigenvalue weighted by Crippen LogP contribution is 2.32. The van der Waals surface area contributed by atoms with E-state index in [1.165, 1.54) is 12.3 Å². The van der Waals surface area contributed by atoms with Gasteiger partial charge in [-0.25, -0.2) is 4.39 Å². The van der Waals surface area contributed by atoms with Crippen LogP contribution < -0.4 is 5.32 Å². The quantitative estimate of drug-likeness (QED) is 0.586. The Hall–Kier alpha value is -3.01. The lowest BCUT2D eigenvalue weighted by Gasteiger charge is -2.29. The number of rotatable bonds is 6. The molecule has 0 saturated carbocycles. The normalized spacial score (nSPS) is 13.1. The first kappa shape index (κ1) is 18.8. The number of fused-ring (bicyclic) bond motifs is 1. The summed E-state index contributed by atoms with van der Waals surface area (Å²) in [4.78, 5) is 17.3. The molecule has 0 aliphatic carbocycles. The molecule has 0 radical (unpaired) electrons. The van der Waals surface area contributed by atoms with Crippen LogP contribution in [-0.4, -0.2) is 10.9 Å². The van der Waals surface area contributed by atoms with Crippen molar-refractivity contribution in [3.05, 3.63) is 84.3 Å². The number of allylic oxidation sites excluding steroid dienone is 1. The van der Waals surface area contributed by atoms with Crippen LogP contribution in [0.25, 0.3) is 10.9 Å². The molecular formula is C23H23FN2O. The Balaban J connectivity index is 1.86. The third-order valence-corrected chi connectivity index (χ3v) is 4.60. The van der Waals surface area contributed by atoms with E-state index in [9.17, 15) is 9.18 Å². The molecule has 3 rings (SSSR count). The van der Waals surface area contributed by atoms with Crippen LogP contribution in [0.3, 0.4) is 0 Å². The van der Waals surface area contributed by atoms with E-state index in [1.54, 1.807) is 18.2 Å². The summed E-state index contributed by atoms with van der Waals surface area (Å²) in [5.74, 6) is -0.478. The summed E-state index contributed by atoms with van der Waals surface area (Å²) in [7, 11) is 0. The third kappa shape index (κ3) is 4.40. The van der Waals surface area contributed by atoms with Gasteiger partial charge in [0, 0.05) is 5.39 Å². The van der Waals surface area contributed by atoms with E-state index >= 15 is 0 Å². The molecule has 1 amide bonds. The van der Waals surface area contributed by atoms with Crippen molar-refractivity contribution < 1.29 is 9.18 Å². The van der Waals surface area contributed by atoms with E-state index in [2.05, 4.69) is 16.9 Å². The Kier molecular flexibility index (Phi) is 5.36. The van der Waals surface area contributed by atoms with E-state index in [-0.39, 0.29) is 11.7 Å². The molecule has 0 spiro atoms. The number of nitrogens with zero attached hydrogens (tertiary/aromatic N) is 1. The van der Waals surface area contributed by atoms with E-state index in [0.29, 0.717) is 29.4 Å². The monoisotopic (exact) mass is 362 g/mol. The lowest BCUT2D eigenvalue weighted by molar-refractivity contribution is -0.124. The van der Waals surface area contributed by atoms with Crippen molar-refractivity contribution >= 4 is 22.5 Å². The fraction of sp³-hybridized carbons (Fsp3) is 0.217. The van der Waals surface area contributed by atoms with Crippen molar-refractivity contribution in [3.63, 3.8) is 0 Å². The number of halogens is 1. The third-order valence-electron chi connectivity index (χ3n) is 4.60. The number of carbonyl (C=O) groups is 1. The van der Waals surface area contributed by atoms with Gasteiger partial charge in [0.2, 0.25) is 5.91 Å². The number of amides is 1. The van der Waals surface area contributed by atoms with Crippen molar-refractivity contribution in [2.24, 2.45) is 5.41 Å². The first-order valence-corrected chi connectivity index (χ1v) is 8.91. The zero-order valence-corrected chi connectivity index (χ0v) is 15.6. The zero-order valence-electron chi connectivity index (χ0n) is 15.6.